The molecule has 0 saturated carbocycles. The van der Waals surface area contributed by atoms with E-state index in [1.54, 1.807) is 65.6 Å². The minimum atomic E-state index is -0.370. The lowest BCUT2D eigenvalue weighted by Crippen LogP contribution is -2.43. The third-order valence-corrected chi connectivity index (χ3v) is 5.90. The molecule has 2 N–H and O–H groups in total. The largest absolute Gasteiger partial charge is 0.495 e. The topological polar surface area (TPSA) is 115 Å². The van der Waals surface area contributed by atoms with E-state index >= 15 is 0 Å². The van der Waals surface area contributed by atoms with Crippen molar-refractivity contribution in [3.05, 3.63) is 77.9 Å². The molecule has 4 rings (SSSR count). The summed E-state index contributed by atoms with van der Waals surface area (Å²) in [5, 5.41) is 5.61. The summed E-state index contributed by atoms with van der Waals surface area (Å²) in [4.78, 5) is 39.5. The molecule has 0 aromatic heterocycles. The molecule has 0 spiro atoms. The molecule has 38 heavy (non-hydrogen) atoms. The number of anilines is 2. The van der Waals surface area contributed by atoms with Crippen LogP contribution in [0.2, 0.25) is 0 Å². The van der Waals surface area contributed by atoms with E-state index < -0.39 is 0 Å². The van der Waals surface area contributed by atoms with Crippen LogP contribution in [0, 0.1) is 0 Å². The van der Waals surface area contributed by atoms with Crippen molar-refractivity contribution >= 4 is 29.1 Å². The lowest BCUT2D eigenvalue weighted by atomic mass is 10.1. The predicted molar refractivity (Wildman–Crippen MR) is 141 cm³/mol. The van der Waals surface area contributed by atoms with Gasteiger partial charge in [-0.05, 0) is 54.6 Å². The van der Waals surface area contributed by atoms with Crippen molar-refractivity contribution in [3.8, 4) is 17.2 Å². The SMILES string of the molecule is COc1ccccc1NC(=O)c1ccc(NC(=O)c2ccc(OCC(=O)N3CCOCC3)c(OC)c2)cc1. The number of nitrogens with one attached hydrogen (secondary N) is 2. The summed E-state index contributed by atoms with van der Waals surface area (Å²) in [6.07, 6.45) is 0. The quantitative estimate of drug-likeness (QED) is 0.445. The van der Waals surface area contributed by atoms with Crippen LogP contribution in [0.4, 0.5) is 11.4 Å². The molecule has 3 aromatic carbocycles. The van der Waals surface area contributed by atoms with Gasteiger partial charge in [-0.15, -0.1) is 0 Å². The van der Waals surface area contributed by atoms with Crippen molar-refractivity contribution in [1.82, 2.24) is 4.90 Å². The zero-order valence-electron chi connectivity index (χ0n) is 21.2. The Kier molecular flexibility index (Phi) is 8.78. The highest BCUT2D eigenvalue weighted by atomic mass is 16.5. The maximum Gasteiger partial charge on any atom is 0.260 e. The molecule has 0 aliphatic carbocycles. The maximum atomic E-state index is 12.8. The molecule has 1 aliphatic heterocycles. The van der Waals surface area contributed by atoms with Gasteiger partial charge in [0, 0.05) is 29.9 Å². The smallest absolute Gasteiger partial charge is 0.260 e. The molecule has 3 amide bonds. The first kappa shape index (κ1) is 26.5. The normalized spacial score (nSPS) is 12.8. The number of methoxy groups -OCH3 is 2. The average molecular weight is 520 g/mol. The van der Waals surface area contributed by atoms with Crippen LogP contribution in [0.25, 0.3) is 0 Å². The van der Waals surface area contributed by atoms with Gasteiger partial charge in [0.2, 0.25) is 0 Å². The van der Waals surface area contributed by atoms with Crippen molar-refractivity contribution in [3.63, 3.8) is 0 Å². The third-order valence-electron chi connectivity index (χ3n) is 5.90. The molecule has 10 nitrogen and oxygen atoms in total. The molecule has 1 heterocycles. The number of nitrogens with zero attached hydrogens (tertiary/aromatic N) is 1. The number of hydrogen-bond donors (Lipinski definition) is 2. The number of para-hydroxylation sites is 2. The minimum absolute atomic E-state index is 0.140. The van der Waals surface area contributed by atoms with Crippen molar-refractivity contribution in [2.45, 2.75) is 0 Å². The minimum Gasteiger partial charge on any atom is -0.495 e. The van der Waals surface area contributed by atoms with E-state index in [0.717, 1.165) is 0 Å². The summed E-state index contributed by atoms with van der Waals surface area (Å²) in [6, 6.07) is 18.3. The van der Waals surface area contributed by atoms with E-state index in [-0.39, 0.29) is 24.3 Å². The van der Waals surface area contributed by atoms with E-state index in [0.29, 0.717) is 66.1 Å². The summed E-state index contributed by atoms with van der Waals surface area (Å²) in [5.41, 5.74) is 1.83. The second-order valence-electron chi connectivity index (χ2n) is 8.33. The van der Waals surface area contributed by atoms with Gasteiger partial charge < -0.3 is 34.5 Å². The van der Waals surface area contributed by atoms with Crippen molar-refractivity contribution in [2.24, 2.45) is 0 Å². The van der Waals surface area contributed by atoms with Gasteiger partial charge >= 0.3 is 0 Å². The van der Waals surface area contributed by atoms with Gasteiger partial charge in [-0.2, -0.15) is 0 Å². The maximum absolute atomic E-state index is 12.8. The highest BCUT2D eigenvalue weighted by molar-refractivity contribution is 6.07. The van der Waals surface area contributed by atoms with Crippen molar-refractivity contribution in [2.75, 3.05) is 57.8 Å². The Balaban J connectivity index is 1.35. The van der Waals surface area contributed by atoms with Crippen LogP contribution in [-0.2, 0) is 9.53 Å². The molecule has 1 aliphatic rings. The van der Waals surface area contributed by atoms with E-state index in [2.05, 4.69) is 10.6 Å². The fourth-order valence-corrected chi connectivity index (χ4v) is 3.82. The summed E-state index contributed by atoms with van der Waals surface area (Å²) < 4.78 is 21.5. The third kappa shape index (κ3) is 6.60. The Morgan fingerprint density at radius 3 is 2.16 bits per heavy atom. The molecule has 3 aromatic rings. The second kappa shape index (κ2) is 12.6. The first-order chi connectivity index (χ1) is 18.5. The Labute approximate surface area is 220 Å². The molecule has 0 radical (unpaired) electrons. The average Bonchev–Trinajstić information content (AvgIpc) is 2.96. The summed E-state index contributed by atoms with van der Waals surface area (Å²) in [6.45, 7) is 1.95. The van der Waals surface area contributed by atoms with Gasteiger partial charge in [-0.1, -0.05) is 12.1 Å². The molecule has 1 fully saturated rings. The van der Waals surface area contributed by atoms with E-state index in [1.165, 1.54) is 14.2 Å². The molecule has 0 unspecified atom stereocenters. The zero-order valence-corrected chi connectivity index (χ0v) is 21.2. The van der Waals surface area contributed by atoms with Crippen molar-refractivity contribution in [1.29, 1.82) is 0 Å². The molecule has 10 heteroatoms. The van der Waals surface area contributed by atoms with Gasteiger partial charge in [0.25, 0.3) is 17.7 Å². The molecule has 0 atom stereocenters. The fourth-order valence-electron chi connectivity index (χ4n) is 3.82. The summed E-state index contributed by atoms with van der Waals surface area (Å²) in [5.74, 6) is 0.426. The van der Waals surface area contributed by atoms with E-state index in [4.69, 9.17) is 18.9 Å². The van der Waals surface area contributed by atoms with E-state index in [1.807, 2.05) is 6.07 Å². The first-order valence-corrected chi connectivity index (χ1v) is 12.0. The Hall–Kier alpha value is -4.57. The molecular weight excluding hydrogens is 490 g/mol. The van der Waals surface area contributed by atoms with Crippen LogP contribution in [0.3, 0.4) is 0 Å². The second-order valence-corrected chi connectivity index (χ2v) is 8.33. The standard InChI is InChI=1S/C28H29N3O7/c1-35-23-6-4-3-5-22(23)30-27(33)19-7-10-21(11-8-19)29-28(34)20-9-12-24(25(17-20)36-2)38-18-26(32)31-13-15-37-16-14-31/h3-12,17H,13-16,18H2,1-2H3,(H,29,34)(H,30,33). The van der Waals surface area contributed by atoms with Gasteiger partial charge in [0.05, 0.1) is 33.1 Å². The number of rotatable bonds is 9. The monoisotopic (exact) mass is 519 g/mol. The number of morpholine rings is 1. The molecular formula is C28H29N3O7. The number of ether oxygens (including phenoxy) is 4. The number of carbonyl (C=O) groups excluding carboxylic acids is 3. The van der Waals surface area contributed by atoms with Crippen LogP contribution in [-0.4, -0.2) is 69.8 Å². The molecule has 198 valence electrons. The van der Waals surface area contributed by atoms with Gasteiger partial charge in [-0.25, -0.2) is 0 Å². The van der Waals surface area contributed by atoms with Gasteiger partial charge in [-0.3, -0.25) is 14.4 Å². The molecule has 1 saturated heterocycles. The number of hydrogen-bond acceptors (Lipinski definition) is 7. The van der Waals surface area contributed by atoms with Crippen LogP contribution >= 0.6 is 0 Å². The zero-order chi connectivity index (χ0) is 26.9. The number of carbonyl (C=O) groups is 3. The lowest BCUT2D eigenvalue weighted by molar-refractivity contribution is -0.137. The highest BCUT2D eigenvalue weighted by Crippen LogP contribution is 2.29. The van der Waals surface area contributed by atoms with Crippen molar-refractivity contribution < 1.29 is 33.3 Å². The van der Waals surface area contributed by atoms with E-state index in [9.17, 15) is 14.4 Å². The predicted octanol–water partition coefficient (Wildman–Crippen LogP) is 3.45. The summed E-state index contributed by atoms with van der Waals surface area (Å²) in [7, 11) is 2.99. The van der Waals surface area contributed by atoms with Crippen LogP contribution < -0.4 is 24.8 Å². The Bertz CT molecular complexity index is 1290. The van der Waals surface area contributed by atoms with Crippen LogP contribution in [0.1, 0.15) is 20.7 Å². The summed E-state index contributed by atoms with van der Waals surface area (Å²) >= 11 is 0. The Morgan fingerprint density at radius 2 is 1.45 bits per heavy atom. The van der Waals surface area contributed by atoms with Crippen LogP contribution in [0.15, 0.2) is 66.7 Å². The lowest BCUT2D eigenvalue weighted by Gasteiger charge is -2.26. The highest BCUT2D eigenvalue weighted by Gasteiger charge is 2.19. The fraction of sp³-hybridized carbons (Fsp3) is 0.250. The Morgan fingerprint density at radius 1 is 0.789 bits per heavy atom. The first-order valence-electron chi connectivity index (χ1n) is 12.0. The number of benzene rings is 3. The number of amides is 3. The molecule has 0 bridgehead atoms. The van der Waals surface area contributed by atoms with Gasteiger partial charge in [0.15, 0.2) is 18.1 Å². The van der Waals surface area contributed by atoms with Crippen LogP contribution in [0.5, 0.6) is 17.2 Å². The van der Waals surface area contributed by atoms with Gasteiger partial charge in [0.1, 0.15) is 5.75 Å².